The molecule has 0 spiro atoms. The van der Waals surface area contributed by atoms with Gasteiger partial charge in [0, 0.05) is 24.0 Å². The molecule has 2 amide bonds. The van der Waals surface area contributed by atoms with Gasteiger partial charge in [0.2, 0.25) is 11.8 Å². The van der Waals surface area contributed by atoms with Gasteiger partial charge in [0.05, 0.1) is 22.5 Å². The third-order valence-electron chi connectivity index (χ3n) is 5.59. The van der Waals surface area contributed by atoms with Gasteiger partial charge in [-0.1, -0.05) is 30.7 Å². The predicted molar refractivity (Wildman–Crippen MR) is 127 cm³/mol. The Morgan fingerprint density at radius 3 is 1.52 bits per heavy atom. The van der Waals surface area contributed by atoms with E-state index >= 15 is 0 Å². The molecule has 0 unspecified atom stereocenters. The van der Waals surface area contributed by atoms with Crippen LogP contribution in [0.15, 0.2) is 36.4 Å². The van der Waals surface area contributed by atoms with Gasteiger partial charge in [-0.3, -0.25) is 19.2 Å². The fraction of sp³-hybridized carbons (Fsp3) is 0.360. The Balaban J connectivity index is 1.93. The molecule has 0 aliphatic heterocycles. The highest BCUT2D eigenvalue weighted by Gasteiger charge is 2.34. The summed E-state index contributed by atoms with van der Waals surface area (Å²) in [5, 5.41) is 5.54. The molecule has 2 aromatic rings. The van der Waals surface area contributed by atoms with Crippen molar-refractivity contribution in [3.63, 3.8) is 0 Å². The molecule has 8 heteroatoms. The predicted octanol–water partition coefficient (Wildman–Crippen LogP) is 2.99. The van der Waals surface area contributed by atoms with E-state index in [1.54, 1.807) is 36.4 Å². The number of anilines is 2. The number of hydrogen-bond acceptors (Lipinski definition) is 6. The Morgan fingerprint density at radius 1 is 0.636 bits per heavy atom. The zero-order chi connectivity index (χ0) is 23.8. The van der Waals surface area contributed by atoms with Gasteiger partial charge < -0.3 is 22.1 Å². The van der Waals surface area contributed by atoms with Crippen LogP contribution in [0.5, 0.6) is 0 Å². The largest absolute Gasteiger partial charge is 0.330 e. The molecule has 1 aliphatic carbocycles. The van der Waals surface area contributed by atoms with E-state index in [1.807, 2.05) is 0 Å². The van der Waals surface area contributed by atoms with Crippen molar-refractivity contribution in [3.05, 3.63) is 58.7 Å². The van der Waals surface area contributed by atoms with Gasteiger partial charge in [0.15, 0.2) is 11.6 Å². The van der Waals surface area contributed by atoms with Crippen LogP contribution in [0.25, 0.3) is 0 Å². The molecule has 1 aliphatic rings. The van der Waals surface area contributed by atoms with Crippen molar-refractivity contribution in [2.45, 2.75) is 44.9 Å². The average molecular weight is 451 g/mol. The van der Waals surface area contributed by atoms with Gasteiger partial charge in [0.25, 0.3) is 0 Å². The number of nitrogens with one attached hydrogen (secondary N) is 2. The first-order valence-electron chi connectivity index (χ1n) is 11.3. The molecule has 3 rings (SSSR count). The van der Waals surface area contributed by atoms with Gasteiger partial charge in [-0.05, 0) is 50.9 Å². The van der Waals surface area contributed by atoms with Crippen LogP contribution in [0.3, 0.4) is 0 Å². The highest BCUT2D eigenvalue weighted by Crippen LogP contribution is 2.36. The number of carbonyl (C=O) groups excluding carboxylic acids is 4. The van der Waals surface area contributed by atoms with Crippen LogP contribution in [0.1, 0.15) is 76.8 Å². The number of hydrogen-bond donors (Lipinski definition) is 4. The summed E-state index contributed by atoms with van der Waals surface area (Å²) in [4.78, 5) is 51.6. The van der Waals surface area contributed by atoms with Crippen LogP contribution in [0.2, 0.25) is 0 Å². The van der Waals surface area contributed by atoms with Gasteiger partial charge in [-0.15, -0.1) is 0 Å². The molecular weight excluding hydrogens is 420 g/mol. The van der Waals surface area contributed by atoms with Crippen molar-refractivity contribution < 1.29 is 19.2 Å². The number of unbranched alkanes of at least 4 members (excludes halogenated alkanes) is 3. The summed E-state index contributed by atoms with van der Waals surface area (Å²) in [6, 6.07) is 9.68. The molecule has 0 fully saturated rings. The molecule has 174 valence electrons. The van der Waals surface area contributed by atoms with E-state index in [2.05, 4.69) is 10.6 Å². The SMILES string of the molecule is NCCCCCC(=O)Nc1ccc(NC(=O)CCCCN)c2c1C(=O)c1ccccc1C2=O. The van der Waals surface area contributed by atoms with Crippen molar-refractivity contribution in [3.8, 4) is 0 Å². The Morgan fingerprint density at radius 2 is 1.06 bits per heavy atom. The first-order chi connectivity index (χ1) is 16.0. The maximum absolute atomic E-state index is 13.4. The minimum absolute atomic E-state index is 0.104. The van der Waals surface area contributed by atoms with Crippen LogP contribution < -0.4 is 22.1 Å². The van der Waals surface area contributed by atoms with Crippen molar-refractivity contribution in [2.75, 3.05) is 23.7 Å². The first kappa shape index (κ1) is 24.3. The standard InChI is InChI=1S/C25H30N4O4/c26-14-6-1-2-10-20(30)28-18-12-13-19(29-21(31)11-5-7-15-27)23-22(18)24(32)16-8-3-4-9-17(16)25(23)33/h3-4,8-9,12-13H,1-2,5-7,10-11,14-15,26-27H2,(H,28,30)(H,29,31). The highest BCUT2D eigenvalue weighted by atomic mass is 16.2. The number of carbonyl (C=O) groups is 4. The fourth-order valence-corrected chi connectivity index (χ4v) is 3.89. The summed E-state index contributed by atoms with van der Waals surface area (Å²) >= 11 is 0. The third-order valence-corrected chi connectivity index (χ3v) is 5.59. The lowest BCUT2D eigenvalue weighted by Crippen LogP contribution is -2.26. The number of amides is 2. The summed E-state index contributed by atoms with van der Waals surface area (Å²) < 4.78 is 0. The van der Waals surface area contributed by atoms with Crippen molar-refractivity contribution >= 4 is 34.8 Å². The maximum atomic E-state index is 13.4. The lowest BCUT2D eigenvalue weighted by molar-refractivity contribution is -0.117. The third kappa shape index (κ3) is 5.71. The topological polar surface area (TPSA) is 144 Å². The monoisotopic (exact) mass is 450 g/mol. The molecule has 33 heavy (non-hydrogen) atoms. The lowest BCUT2D eigenvalue weighted by atomic mass is 9.82. The Bertz CT molecular complexity index is 1060. The molecule has 0 heterocycles. The number of rotatable bonds is 11. The normalized spacial score (nSPS) is 12.2. The number of nitrogens with two attached hydrogens (primary N) is 2. The van der Waals surface area contributed by atoms with Gasteiger partial charge in [0.1, 0.15) is 0 Å². The van der Waals surface area contributed by atoms with Crippen molar-refractivity contribution in [1.82, 2.24) is 0 Å². The Kier molecular flexibility index (Phi) is 8.46. The molecule has 8 nitrogen and oxygen atoms in total. The average Bonchev–Trinajstić information content (AvgIpc) is 2.81. The molecule has 6 N–H and O–H groups in total. The molecule has 0 aromatic heterocycles. The fourth-order valence-electron chi connectivity index (χ4n) is 3.89. The van der Waals surface area contributed by atoms with Crippen molar-refractivity contribution in [2.24, 2.45) is 11.5 Å². The molecule has 0 saturated heterocycles. The van der Waals surface area contributed by atoms with Gasteiger partial charge >= 0.3 is 0 Å². The highest BCUT2D eigenvalue weighted by molar-refractivity contribution is 6.32. The summed E-state index contributed by atoms with van der Waals surface area (Å²) in [5.74, 6) is -1.23. The zero-order valence-corrected chi connectivity index (χ0v) is 18.6. The van der Waals surface area contributed by atoms with Gasteiger partial charge in [-0.2, -0.15) is 0 Å². The number of ketones is 2. The van der Waals surface area contributed by atoms with E-state index in [0.29, 0.717) is 32.4 Å². The molecular formula is C25H30N4O4. The minimum Gasteiger partial charge on any atom is -0.330 e. The lowest BCUT2D eigenvalue weighted by Gasteiger charge is -2.23. The molecule has 0 saturated carbocycles. The Hall–Kier alpha value is -3.36. The van der Waals surface area contributed by atoms with Crippen LogP contribution in [0, 0.1) is 0 Å². The van der Waals surface area contributed by atoms with Crippen LogP contribution in [-0.2, 0) is 9.59 Å². The Labute approximate surface area is 193 Å². The van der Waals surface area contributed by atoms with E-state index in [4.69, 9.17) is 11.5 Å². The van der Waals surface area contributed by atoms with E-state index in [1.165, 1.54) is 0 Å². The smallest absolute Gasteiger partial charge is 0.224 e. The minimum atomic E-state index is -0.364. The number of fused-ring (bicyclic) bond motifs is 2. The second kappa shape index (κ2) is 11.5. The van der Waals surface area contributed by atoms with Crippen LogP contribution in [-0.4, -0.2) is 36.5 Å². The molecule has 2 aromatic carbocycles. The van der Waals surface area contributed by atoms with E-state index in [9.17, 15) is 19.2 Å². The van der Waals surface area contributed by atoms with Crippen molar-refractivity contribution in [1.29, 1.82) is 0 Å². The summed E-state index contributed by atoms with van der Waals surface area (Å²) in [6.07, 6.45) is 4.23. The molecule has 0 atom stereocenters. The van der Waals surface area contributed by atoms with E-state index in [0.717, 1.165) is 12.8 Å². The quantitative estimate of drug-likeness (QED) is 0.331. The number of benzene rings is 2. The second-order valence-corrected chi connectivity index (χ2v) is 8.06. The molecule has 0 bridgehead atoms. The zero-order valence-electron chi connectivity index (χ0n) is 18.6. The van der Waals surface area contributed by atoms with Gasteiger partial charge in [-0.25, -0.2) is 0 Å². The maximum Gasteiger partial charge on any atom is 0.224 e. The first-order valence-corrected chi connectivity index (χ1v) is 11.3. The van der Waals surface area contributed by atoms with E-state index < -0.39 is 0 Å². The summed E-state index contributed by atoms with van der Waals surface area (Å²) in [6.45, 7) is 1.07. The summed E-state index contributed by atoms with van der Waals surface area (Å²) in [7, 11) is 0. The summed E-state index contributed by atoms with van der Waals surface area (Å²) in [5.41, 5.74) is 12.3. The van der Waals surface area contributed by atoms with Crippen LogP contribution >= 0.6 is 0 Å². The van der Waals surface area contributed by atoms with E-state index in [-0.39, 0.29) is 69.9 Å². The van der Waals surface area contributed by atoms with Crippen LogP contribution in [0.4, 0.5) is 11.4 Å². The molecule has 0 radical (unpaired) electrons. The second-order valence-electron chi connectivity index (χ2n) is 8.06.